The van der Waals surface area contributed by atoms with Crippen molar-refractivity contribution in [1.29, 1.82) is 0 Å². The number of halogens is 2. The predicted octanol–water partition coefficient (Wildman–Crippen LogP) is 2.56. The molecule has 5 heteroatoms. The summed E-state index contributed by atoms with van der Waals surface area (Å²) in [7, 11) is 0. The third kappa shape index (κ3) is 2.54. The van der Waals surface area contributed by atoms with Gasteiger partial charge >= 0.3 is 0 Å². The van der Waals surface area contributed by atoms with Crippen LogP contribution in [-0.2, 0) is 0 Å². The first-order valence-electron chi connectivity index (χ1n) is 6.58. The minimum absolute atomic E-state index is 0.126. The van der Waals surface area contributed by atoms with Crippen molar-refractivity contribution in [3.05, 3.63) is 34.1 Å². The maximum atomic E-state index is 13.8. The number of nitrogens with zero attached hydrogens (tertiary/aromatic N) is 1. The molecule has 1 aromatic carbocycles. The van der Waals surface area contributed by atoms with E-state index in [9.17, 15) is 9.18 Å². The van der Waals surface area contributed by atoms with Gasteiger partial charge < -0.3 is 10.2 Å². The highest BCUT2D eigenvalue weighted by Gasteiger charge is 2.42. The number of benzene rings is 1. The molecule has 2 unspecified atom stereocenters. The summed E-state index contributed by atoms with van der Waals surface area (Å²) in [5.74, 6) is -0.775. The number of hydrogen-bond acceptors (Lipinski definition) is 2. The van der Waals surface area contributed by atoms with Crippen molar-refractivity contribution in [2.24, 2.45) is 0 Å². The van der Waals surface area contributed by atoms with Gasteiger partial charge in [-0.2, -0.15) is 0 Å². The zero-order valence-electron chi connectivity index (χ0n) is 10.6. The Morgan fingerprint density at radius 1 is 1.37 bits per heavy atom. The fraction of sp³-hybridized carbons (Fsp3) is 0.500. The van der Waals surface area contributed by atoms with Gasteiger partial charge in [-0.1, -0.05) is 15.9 Å². The molecule has 1 aromatic rings. The molecule has 0 spiro atoms. The number of amides is 1. The van der Waals surface area contributed by atoms with Crippen LogP contribution in [0.1, 0.15) is 29.6 Å². The van der Waals surface area contributed by atoms with Crippen LogP contribution in [0.5, 0.6) is 0 Å². The van der Waals surface area contributed by atoms with Crippen LogP contribution in [0.4, 0.5) is 4.39 Å². The molecule has 2 atom stereocenters. The van der Waals surface area contributed by atoms with E-state index in [0.717, 1.165) is 38.9 Å². The third-order valence-electron chi connectivity index (χ3n) is 4.12. The van der Waals surface area contributed by atoms with Gasteiger partial charge in [-0.05, 0) is 44.0 Å². The standard InChI is InChI=1S/C14H16BrFN2O/c15-10-2-3-11(12(16)8-10)13(19)17-14-4-1-6-18(9-14)7-5-14/h2-3,8H,1,4-7,9H2,(H,17,19). The van der Waals surface area contributed by atoms with Gasteiger partial charge in [-0.25, -0.2) is 4.39 Å². The van der Waals surface area contributed by atoms with Gasteiger partial charge in [0, 0.05) is 17.6 Å². The molecule has 3 rings (SSSR count). The van der Waals surface area contributed by atoms with Crippen LogP contribution in [0.25, 0.3) is 0 Å². The van der Waals surface area contributed by atoms with E-state index < -0.39 is 5.82 Å². The summed E-state index contributed by atoms with van der Waals surface area (Å²) < 4.78 is 14.4. The van der Waals surface area contributed by atoms with Crippen LogP contribution in [0.3, 0.4) is 0 Å². The van der Waals surface area contributed by atoms with Gasteiger partial charge in [0.1, 0.15) is 5.82 Å². The molecule has 1 N–H and O–H groups in total. The van der Waals surface area contributed by atoms with Crippen LogP contribution in [0, 0.1) is 5.82 Å². The fourth-order valence-corrected chi connectivity index (χ4v) is 3.47. The highest BCUT2D eigenvalue weighted by atomic mass is 79.9. The number of piperidine rings is 1. The van der Waals surface area contributed by atoms with Crippen LogP contribution in [-0.4, -0.2) is 36.0 Å². The number of fused-ring (bicyclic) bond motifs is 2. The molecular formula is C14H16BrFN2O. The van der Waals surface area contributed by atoms with Crippen molar-refractivity contribution in [1.82, 2.24) is 10.2 Å². The third-order valence-corrected chi connectivity index (χ3v) is 4.61. The maximum Gasteiger partial charge on any atom is 0.254 e. The van der Waals surface area contributed by atoms with Crippen molar-refractivity contribution in [2.75, 3.05) is 19.6 Å². The number of nitrogens with one attached hydrogen (secondary N) is 1. The lowest BCUT2D eigenvalue weighted by atomic mass is 9.90. The average molecular weight is 327 g/mol. The molecule has 2 saturated heterocycles. The van der Waals surface area contributed by atoms with E-state index in [2.05, 4.69) is 26.1 Å². The van der Waals surface area contributed by atoms with Gasteiger partial charge in [0.25, 0.3) is 5.91 Å². The molecule has 2 fully saturated rings. The zero-order chi connectivity index (χ0) is 13.5. The Morgan fingerprint density at radius 3 is 3.00 bits per heavy atom. The lowest BCUT2D eigenvalue weighted by Crippen LogP contribution is -2.52. The van der Waals surface area contributed by atoms with Crippen molar-refractivity contribution >= 4 is 21.8 Å². The van der Waals surface area contributed by atoms with E-state index in [0.29, 0.717) is 4.47 Å². The molecule has 19 heavy (non-hydrogen) atoms. The van der Waals surface area contributed by atoms with E-state index in [4.69, 9.17) is 0 Å². The van der Waals surface area contributed by atoms with Crippen LogP contribution < -0.4 is 5.32 Å². The first-order chi connectivity index (χ1) is 9.08. The first kappa shape index (κ1) is 13.1. The Balaban J connectivity index is 1.78. The van der Waals surface area contributed by atoms with Crippen molar-refractivity contribution in [3.63, 3.8) is 0 Å². The molecule has 0 radical (unpaired) electrons. The highest BCUT2D eigenvalue weighted by Crippen LogP contribution is 2.31. The summed E-state index contributed by atoms with van der Waals surface area (Å²) in [5, 5.41) is 3.06. The summed E-state index contributed by atoms with van der Waals surface area (Å²) in [4.78, 5) is 14.6. The molecule has 102 valence electrons. The molecule has 0 saturated carbocycles. The SMILES string of the molecule is O=C(NC12CCCN(CC1)C2)c1ccc(Br)cc1F. The molecule has 2 aliphatic rings. The Morgan fingerprint density at radius 2 is 2.21 bits per heavy atom. The average Bonchev–Trinajstić information content (AvgIpc) is 2.64. The lowest BCUT2D eigenvalue weighted by Gasteiger charge is -2.34. The van der Waals surface area contributed by atoms with Crippen molar-refractivity contribution in [3.8, 4) is 0 Å². The van der Waals surface area contributed by atoms with Gasteiger partial charge in [-0.3, -0.25) is 4.79 Å². The monoisotopic (exact) mass is 326 g/mol. The second-order valence-electron chi connectivity index (χ2n) is 5.49. The smallest absolute Gasteiger partial charge is 0.254 e. The summed E-state index contributed by atoms with van der Waals surface area (Å²) in [6.45, 7) is 3.05. The van der Waals surface area contributed by atoms with Crippen molar-refractivity contribution < 1.29 is 9.18 Å². The van der Waals surface area contributed by atoms with Gasteiger partial charge in [0.15, 0.2) is 0 Å². The van der Waals surface area contributed by atoms with Crippen LogP contribution >= 0.6 is 15.9 Å². The van der Waals surface area contributed by atoms with E-state index in [1.165, 1.54) is 12.1 Å². The maximum absolute atomic E-state index is 13.8. The lowest BCUT2D eigenvalue weighted by molar-refractivity contribution is 0.0873. The number of hydrogen-bond donors (Lipinski definition) is 1. The second kappa shape index (κ2) is 4.87. The van der Waals surface area contributed by atoms with Crippen LogP contribution in [0.2, 0.25) is 0 Å². The Bertz CT molecular complexity index is 518. The minimum Gasteiger partial charge on any atom is -0.345 e. The zero-order valence-corrected chi connectivity index (χ0v) is 12.2. The summed E-state index contributed by atoms with van der Waals surface area (Å²) in [5.41, 5.74) is -0.0175. The highest BCUT2D eigenvalue weighted by molar-refractivity contribution is 9.10. The van der Waals surface area contributed by atoms with E-state index >= 15 is 0 Å². The number of rotatable bonds is 2. The molecular weight excluding hydrogens is 311 g/mol. The Hall–Kier alpha value is -0.940. The van der Waals surface area contributed by atoms with E-state index in [-0.39, 0.29) is 17.0 Å². The minimum atomic E-state index is -0.478. The Labute approximate surface area is 120 Å². The number of carbonyl (C=O) groups is 1. The summed E-state index contributed by atoms with van der Waals surface area (Å²) >= 11 is 3.20. The van der Waals surface area contributed by atoms with Gasteiger partial charge in [0.05, 0.1) is 11.1 Å². The summed E-state index contributed by atoms with van der Waals surface area (Å²) in [6.07, 6.45) is 3.06. The van der Waals surface area contributed by atoms with Gasteiger partial charge in [-0.15, -0.1) is 0 Å². The molecule has 3 nitrogen and oxygen atoms in total. The van der Waals surface area contributed by atoms with E-state index in [1.807, 2.05) is 0 Å². The largest absolute Gasteiger partial charge is 0.345 e. The summed E-state index contributed by atoms with van der Waals surface area (Å²) in [6, 6.07) is 4.55. The molecule has 2 heterocycles. The quantitative estimate of drug-likeness (QED) is 0.905. The second-order valence-corrected chi connectivity index (χ2v) is 6.40. The van der Waals surface area contributed by atoms with Crippen LogP contribution in [0.15, 0.2) is 22.7 Å². The number of carbonyl (C=O) groups excluding carboxylic acids is 1. The van der Waals surface area contributed by atoms with E-state index in [1.54, 1.807) is 6.07 Å². The molecule has 0 aromatic heterocycles. The van der Waals surface area contributed by atoms with Crippen molar-refractivity contribution in [2.45, 2.75) is 24.8 Å². The predicted molar refractivity (Wildman–Crippen MR) is 74.6 cm³/mol. The Kier molecular flexibility index (Phi) is 3.35. The molecule has 2 aliphatic heterocycles. The molecule has 0 aliphatic carbocycles. The molecule has 2 bridgehead atoms. The molecule has 1 amide bonds. The van der Waals surface area contributed by atoms with Gasteiger partial charge in [0.2, 0.25) is 0 Å². The topological polar surface area (TPSA) is 32.3 Å². The fourth-order valence-electron chi connectivity index (χ4n) is 3.14. The first-order valence-corrected chi connectivity index (χ1v) is 7.37. The normalized spacial score (nSPS) is 29.3.